The smallest absolute Gasteiger partial charge is 0.251 e. The first-order chi connectivity index (χ1) is 15.8. The molecule has 3 aromatic rings. The van der Waals surface area contributed by atoms with Gasteiger partial charge in [-0.15, -0.1) is 0 Å². The molecule has 1 saturated heterocycles. The molecule has 0 aliphatic carbocycles. The van der Waals surface area contributed by atoms with E-state index in [1.807, 2.05) is 0 Å². The molecule has 9 nitrogen and oxygen atoms in total. The standard InChI is InChI=1S/C23H25N3O6S/c1-31-20-9-6-17(14-21(20)32-2)24-22(27)15-26-19-8-7-18(13-16(19)5-10-23(26)28)33(29,30)25-11-3-4-12-25/h5-10,13-14H,3-4,11-12,15H2,1-2H3,(H,24,27). The predicted molar refractivity (Wildman–Crippen MR) is 124 cm³/mol. The van der Waals surface area contributed by atoms with Crippen LogP contribution in [-0.2, 0) is 21.4 Å². The van der Waals surface area contributed by atoms with Crippen molar-refractivity contribution in [2.24, 2.45) is 0 Å². The van der Waals surface area contributed by atoms with Gasteiger partial charge in [0.1, 0.15) is 6.54 Å². The first-order valence-electron chi connectivity index (χ1n) is 10.5. The van der Waals surface area contributed by atoms with Crippen molar-refractivity contribution in [2.75, 3.05) is 32.6 Å². The van der Waals surface area contributed by atoms with Gasteiger partial charge in [0.25, 0.3) is 5.56 Å². The number of rotatable bonds is 7. The van der Waals surface area contributed by atoms with Crippen molar-refractivity contribution < 1.29 is 22.7 Å². The number of benzene rings is 2. The summed E-state index contributed by atoms with van der Waals surface area (Å²) in [6.07, 6.45) is 1.70. The molecule has 0 spiro atoms. The second-order valence-electron chi connectivity index (χ2n) is 7.71. The van der Waals surface area contributed by atoms with Crippen LogP contribution in [-0.4, -0.2) is 50.5 Å². The number of pyridine rings is 1. The van der Waals surface area contributed by atoms with Crippen LogP contribution in [0.5, 0.6) is 11.5 Å². The van der Waals surface area contributed by atoms with Gasteiger partial charge in [-0.25, -0.2) is 8.42 Å². The molecule has 1 aliphatic heterocycles. The van der Waals surface area contributed by atoms with E-state index in [4.69, 9.17) is 9.47 Å². The highest BCUT2D eigenvalue weighted by molar-refractivity contribution is 7.89. The Morgan fingerprint density at radius 1 is 0.970 bits per heavy atom. The van der Waals surface area contributed by atoms with E-state index in [0.717, 1.165) is 12.8 Å². The van der Waals surface area contributed by atoms with E-state index in [1.54, 1.807) is 36.4 Å². The van der Waals surface area contributed by atoms with Gasteiger partial charge in [-0.2, -0.15) is 4.31 Å². The summed E-state index contributed by atoms with van der Waals surface area (Å²) in [6.45, 7) is 0.787. The van der Waals surface area contributed by atoms with Gasteiger partial charge in [-0.3, -0.25) is 14.2 Å². The molecule has 2 aromatic carbocycles. The molecule has 1 amide bonds. The summed E-state index contributed by atoms with van der Waals surface area (Å²) >= 11 is 0. The van der Waals surface area contributed by atoms with Gasteiger partial charge in [0, 0.05) is 30.9 Å². The minimum absolute atomic E-state index is 0.178. The van der Waals surface area contributed by atoms with Gasteiger partial charge in [-0.1, -0.05) is 0 Å². The number of sulfonamides is 1. The summed E-state index contributed by atoms with van der Waals surface area (Å²) in [4.78, 5) is 25.4. The van der Waals surface area contributed by atoms with Crippen LogP contribution in [0.25, 0.3) is 10.9 Å². The highest BCUT2D eigenvalue weighted by atomic mass is 32.2. The summed E-state index contributed by atoms with van der Waals surface area (Å²) in [7, 11) is -0.569. The topological polar surface area (TPSA) is 107 Å². The molecule has 0 atom stereocenters. The monoisotopic (exact) mass is 471 g/mol. The van der Waals surface area contributed by atoms with Crippen molar-refractivity contribution in [2.45, 2.75) is 24.3 Å². The lowest BCUT2D eigenvalue weighted by molar-refractivity contribution is -0.116. The van der Waals surface area contributed by atoms with Crippen LogP contribution in [0.15, 0.2) is 58.2 Å². The van der Waals surface area contributed by atoms with E-state index >= 15 is 0 Å². The number of fused-ring (bicyclic) bond motifs is 1. The molecule has 0 saturated carbocycles. The van der Waals surface area contributed by atoms with E-state index in [9.17, 15) is 18.0 Å². The lowest BCUT2D eigenvalue weighted by Crippen LogP contribution is -2.28. The number of ether oxygens (including phenoxy) is 2. The summed E-state index contributed by atoms with van der Waals surface area (Å²) < 4.78 is 39.0. The zero-order valence-electron chi connectivity index (χ0n) is 18.4. The van der Waals surface area contributed by atoms with Gasteiger partial charge in [0.2, 0.25) is 15.9 Å². The number of methoxy groups -OCH3 is 2. The molecule has 2 heterocycles. The summed E-state index contributed by atoms with van der Waals surface area (Å²) in [6, 6.07) is 12.5. The SMILES string of the molecule is COc1ccc(NC(=O)Cn2c(=O)ccc3cc(S(=O)(=O)N4CCCC4)ccc32)cc1OC. The molecule has 4 rings (SSSR count). The number of hydrogen-bond acceptors (Lipinski definition) is 6. The maximum Gasteiger partial charge on any atom is 0.251 e. The Morgan fingerprint density at radius 3 is 2.39 bits per heavy atom. The van der Waals surface area contributed by atoms with E-state index in [2.05, 4.69) is 5.32 Å². The zero-order chi connectivity index (χ0) is 23.6. The van der Waals surface area contributed by atoms with Gasteiger partial charge in [-0.05, 0) is 54.6 Å². The molecule has 0 unspecified atom stereocenters. The number of nitrogens with zero attached hydrogens (tertiary/aromatic N) is 2. The summed E-state index contributed by atoms with van der Waals surface area (Å²) in [5, 5.41) is 3.31. The fourth-order valence-electron chi connectivity index (χ4n) is 3.94. The van der Waals surface area contributed by atoms with Crippen molar-refractivity contribution in [3.63, 3.8) is 0 Å². The van der Waals surface area contributed by atoms with E-state index < -0.39 is 15.9 Å². The number of aromatic nitrogens is 1. The third kappa shape index (κ3) is 4.57. The normalized spacial score (nSPS) is 14.4. The lowest BCUT2D eigenvalue weighted by atomic mass is 10.2. The largest absolute Gasteiger partial charge is 0.493 e. The molecule has 0 bridgehead atoms. The van der Waals surface area contributed by atoms with Crippen LogP contribution in [0.4, 0.5) is 5.69 Å². The zero-order valence-corrected chi connectivity index (χ0v) is 19.2. The number of carbonyl (C=O) groups excluding carboxylic acids is 1. The van der Waals surface area contributed by atoms with Crippen LogP contribution in [0.1, 0.15) is 12.8 Å². The van der Waals surface area contributed by atoms with Gasteiger partial charge >= 0.3 is 0 Å². The third-order valence-corrected chi connectivity index (χ3v) is 7.53. The minimum Gasteiger partial charge on any atom is -0.493 e. The van der Waals surface area contributed by atoms with Gasteiger partial charge in [0.05, 0.1) is 24.6 Å². The van der Waals surface area contributed by atoms with Gasteiger partial charge in [0.15, 0.2) is 11.5 Å². The molecule has 1 aliphatic rings. The molecular weight excluding hydrogens is 446 g/mol. The fourth-order valence-corrected chi connectivity index (χ4v) is 5.49. The quantitative estimate of drug-likeness (QED) is 0.567. The highest BCUT2D eigenvalue weighted by Crippen LogP contribution is 2.30. The Balaban J connectivity index is 1.60. The molecule has 10 heteroatoms. The molecular formula is C23H25N3O6S. The van der Waals surface area contributed by atoms with Crippen LogP contribution < -0.4 is 20.3 Å². The molecule has 33 heavy (non-hydrogen) atoms. The van der Waals surface area contributed by atoms with Crippen LogP contribution in [0.3, 0.4) is 0 Å². The number of carbonyl (C=O) groups is 1. The lowest BCUT2D eigenvalue weighted by Gasteiger charge is -2.17. The maximum absolute atomic E-state index is 12.9. The molecule has 1 N–H and O–H groups in total. The predicted octanol–water partition coefficient (Wildman–Crippen LogP) is 2.44. The molecule has 174 valence electrons. The van der Waals surface area contributed by atoms with E-state index in [-0.39, 0.29) is 17.0 Å². The van der Waals surface area contributed by atoms with E-state index in [0.29, 0.717) is 41.2 Å². The minimum atomic E-state index is -3.58. The van der Waals surface area contributed by atoms with Crippen molar-refractivity contribution in [3.05, 3.63) is 58.9 Å². The van der Waals surface area contributed by atoms with Crippen LogP contribution in [0, 0.1) is 0 Å². The number of nitrogens with one attached hydrogen (secondary N) is 1. The van der Waals surface area contributed by atoms with Crippen molar-refractivity contribution in [3.8, 4) is 11.5 Å². The Hall–Kier alpha value is -3.37. The molecule has 1 aromatic heterocycles. The average molecular weight is 472 g/mol. The average Bonchev–Trinajstić information content (AvgIpc) is 3.36. The maximum atomic E-state index is 12.9. The Morgan fingerprint density at radius 2 is 1.70 bits per heavy atom. The van der Waals surface area contributed by atoms with Crippen LogP contribution >= 0.6 is 0 Å². The van der Waals surface area contributed by atoms with E-state index in [1.165, 1.54) is 35.2 Å². The summed E-state index contributed by atoms with van der Waals surface area (Å²) in [5.74, 6) is 0.579. The first kappa shape index (κ1) is 22.8. The van der Waals surface area contributed by atoms with Crippen molar-refractivity contribution in [1.82, 2.24) is 8.87 Å². The molecule has 1 fully saturated rings. The first-order valence-corrected chi connectivity index (χ1v) is 11.9. The van der Waals surface area contributed by atoms with Crippen molar-refractivity contribution in [1.29, 1.82) is 0 Å². The Bertz CT molecular complexity index is 1360. The summed E-state index contributed by atoms with van der Waals surface area (Å²) in [5.41, 5.74) is 0.607. The number of hydrogen-bond donors (Lipinski definition) is 1. The third-order valence-electron chi connectivity index (χ3n) is 5.63. The second-order valence-corrected chi connectivity index (χ2v) is 9.65. The van der Waals surface area contributed by atoms with Crippen LogP contribution in [0.2, 0.25) is 0 Å². The molecule has 0 radical (unpaired) electrons. The second kappa shape index (κ2) is 9.24. The Kier molecular flexibility index (Phi) is 6.39. The number of amides is 1. The number of anilines is 1. The Labute approximate surface area is 191 Å². The fraction of sp³-hybridized carbons (Fsp3) is 0.304. The van der Waals surface area contributed by atoms with Gasteiger partial charge < -0.3 is 14.8 Å². The van der Waals surface area contributed by atoms with Crippen molar-refractivity contribution >= 4 is 32.5 Å². The highest BCUT2D eigenvalue weighted by Gasteiger charge is 2.27.